The number of halogens is 2. The van der Waals surface area contributed by atoms with Gasteiger partial charge >= 0.3 is 0 Å². The fraction of sp³-hybridized carbons (Fsp3) is 0.348. The number of hydrogen-bond acceptors (Lipinski definition) is 3. The molecule has 0 aliphatic carbocycles. The van der Waals surface area contributed by atoms with Gasteiger partial charge in [0.15, 0.2) is 0 Å². The van der Waals surface area contributed by atoms with Crippen LogP contribution in [0.3, 0.4) is 0 Å². The van der Waals surface area contributed by atoms with E-state index in [4.69, 9.17) is 28.2 Å². The zero-order valence-corrected chi connectivity index (χ0v) is 19.4. The molecule has 0 unspecified atom stereocenters. The van der Waals surface area contributed by atoms with Crippen LogP contribution in [0.1, 0.15) is 52.7 Å². The van der Waals surface area contributed by atoms with E-state index in [1.807, 2.05) is 17.5 Å². The third-order valence-corrected chi connectivity index (χ3v) is 6.24. The van der Waals surface area contributed by atoms with E-state index in [9.17, 15) is 5.11 Å². The maximum Gasteiger partial charge on any atom is 0.129 e. The van der Waals surface area contributed by atoms with E-state index < -0.39 is 0 Å². The van der Waals surface area contributed by atoms with Gasteiger partial charge in [0.1, 0.15) is 10.8 Å². The predicted molar refractivity (Wildman–Crippen MR) is 122 cm³/mol. The molecule has 1 N–H and O–H groups in total. The number of aromatic hydroxyl groups is 1. The third-order valence-electron chi connectivity index (χ3n) is 4.74. The van der Waals surface area contributed by atoms with Crippen molar-refractivity contribution in [2.75, 3.05) is 0 Å². The molecule has 3 aromatic rings. The Bertz CT molecular complexity index is 1010. The Morgan fingerprint density at radius 3 is 2.07 bits per heavy atom. The number of rotatable bonds is 2. The minimum atomic E-state index is -0.188. The predicted octanol–water partition coefficient (Wildman–Crippen LogP) is 8.08. The summed E-state index contributed by atoms with van der Waals surface area (Å²) < 4.78 is 0. The summed E-state index contributed by atoms with van der Waals surface area (Å²) in [7, 11) is 0. The number of nitrogens with zero attached hydrogens (tertiary/aromatic N) is 1. The van der Waals surface area contributed by atoms with Crippen molar-refractivity contribution in [3.05, 3.63) is 56.9 Å². The lowest BCUT2D eigenvalue weighted by atomic mass is 9.79. The average Bonchev–Trinajstić information content (AvgIpc) is 3.02. The monoisotopic (exact) mass is 433 g/mol. The Kier molecular flexibility index (Phi) is 5.57. The second-order valence-electron chi connectivity index (χ2n) is 9.05. The summed E-state index contributed by atoms with van der Waals surface area (Å²) in [4.78, 5) is 4.77. The van der Waals surface area contributed by atoms with Gasteiger partial charge in [-0.1, -0.05) is 76.9 Å². The zero-order chi connectivity index (χ0) is 20.9. The molecule has 28 heavy (non-hydrogen) atoms. The molecular weight excluding hydrogens is 409 g/mol. The Hall–Kier alpha value is -1.55. The summed E-state index contributed by atoms with van der Waals surface area (Å²) in [6, 6.07) is 9.57. The standard InChI is InChI=1S/C23H25Cl2NOS/c1-22(2,3)13-10-14(20(27)15(11-13)23(4,5)6)21-26-18(12-28-21)19-16(24)8-7-9-17(19)25/h7-12,27H,1-6H3. The van der Waals surface area contributed by atoms with Crippen LogP contribution < -0.4 is 0 Å². The smallest absolute Gasteiger partial charge is 0.129 e. The first-order valence-electron chi connectivity index (χ1n) is 9.18. The average molecular weight is 434 g/mol. The van der Waals surface area contributed by atoms with E-state index in [-0.39, 0.29) is 16.6 Å². The van der Waals surface area contributed by atoms with Crippen molar-refractivity contribution in [1.29, 1.82) is 0 Å². The molecular formula is C23H25Cl2NOS. The second kappa shape index (κ2) is 7.37. The highest BCUT2D eigenvalue weighted by Crippen LogP contribution is 2.44. The number of hydrogen-bond donors (Lipinski definition) is 1. The summed E-state index contributed by atoms with van der Waals surface area (Å²) in [5, 5.41) is 14.9. The van der Waals surface area contributed by atoms with Crippen molar-refractivity contribution in [3.63, 3.8) is 0 Å². The van der Waals surface area contributed by atoms with Gasteiger partial charge in [-0.25, -0.2) is 4.98 Å². The van der Waals surface area contributed by atoms with Gasteiger partial charge in [-0.15, -0.1) is 11.3 Å². The summed E-state index contributed by atoms with van der Waals surface area (Å²) in [6.45, 7) is 12.8. The lowest BCUT2D eigenvalue weighted by Gasteiger charge is -2.27. The van der Waals surface area contributed by atoms with Crippen molar-refractivity contribution in [2.24, 2.45) is 0 Å². The highest BCUT2D eigenvalue weighted by atomic mass is 35.5. The van der Waals surface area contributed by atoms with E-state index in [1.54, 1.807) is 12.1 Å². The Morgan fingerprint density at radius 2 is 1.54 bits per heavy atom. The molecule has 0 aliphatic rings. The zero-order valence-electron chi connectivity index (χ0n) is 17.0. The first-order chi connectivity index (χ1) is 12.9. The summed E-state index contributed by atoms with van der Waals surface area (Å²) >= 11 is 14.2. The number of thiazole rings is 1. The van der Waals surface area contributed by atoms with E-state index in [1.165, 1.54) is 11.3 Å². The van der Waals surface area contributed by atoms with Crippen LogP contribution in [0.5, 0.6) is 5.75 Å². The molecule has 0 bridgehead atoms. The van der Waals surface area contributed by atoms with Crippen LogP contribution in [0.25, 0.3) is 21.8 Å². The normalized spacial score (nSPS) is 12.4. The van der Waals surface area contributed by atoms with Gasteiger partial charge in [0.05, 0.1) is 21.3 Å². The first kappa shape index (κ1) is 21.2. The molecule has 3 rings (SSSR count). The van der Waals surface area contributed by atoms with Crippen LogP contribution in [0.15, 0.2) is 35.7 Å². The Balaban J connectivity index is 2.21. The third kappa shape index (κ3) is 4.07. The molecule has 0 amide bonds. The van der Waals surface area contributed by atoms with Crippen LogP contribution in [-0.4, -0.2) is 10.1 Å². The largest absolute Gasteiger partial charge is 0.507 e. The Morgan fingerprint density at radius 1 is 0.929 bits per heavy atom. The molecule has 1 aromatic heterocycles. The van der Waals surface area contributed by atoms with Gasteiger partial charge in [-0.2, -0.15) is 0 Å². The summed E-state index contributed by atoms with van der Waals surface area (Å²) in [5.74, 6) is 0.284. The minimum Gasteiger partial charge on any atom is -0.507 e. The van der Waals surface area contributed by atoms with Crippen molar-refractivity contribution in [1.82, 2.24) is 4.98 Å². The number of phenols is 1. The molecule has 5 heteroatoms. The lowest BCUT2D eigenvalue weighted by molar-refractivity contribution is 0.446. The fourth-order valence-electron chi connectivity index (χ4n) is 3.06. The van der Waals surface area contributed by atoms with Crippen LogP contribution in [0.2, 0.25) is 10.0 Å². The minimum absolute atomic E-state index is 0.0470. The molecule has 148 valence electrons. The van der Waals surface area contributed by atoms with Crippen molar-refractivity contribution >= 4 is 34.5 Å². The first-order valence-corrected chi connectivity index (χ1v) is 10.8. The molecule has 0 spiro atoms. The van der Waals surface area contributed by atoms with E-state index >= 15 is 0 Å². The molecule has 0 saturated carbocycles. The maximum absolute atomic E-state index is 11.1. The molecule has 0 atom stereocenters. The van der Waals surface area contributed by atoms with Crippen LogP contribution >= 0.6 is 34.5 Å². The SMILES string of the molecule is CC(C)(C)c1cc(-c2nc(-c3c(Cl)cccc3Cl)cs2)c(O)c(C(C)(C)C)c1. The molecule has 2 nitrogen and oxygen atoms in total. The highest BCUT2D eigenvalue weighted by molar-refractivity contribution is 7.13. The second-order valence-corrected chi connectivity index (χ2v) is 10.7. The molecule has 0 saturated heterocycles. The van der Waals surface area contributed by atoms with E-state index in [2.05, 4.69) is 47.6 Å². The van der Waals surface area contributed by atoms with Crippen molar-refractivity contribution in [2.45, 2.75) is 52.4 Å². The maximum atomic E-state index is 11.1. The van der Waals surface area contributed by atoms with E-state index in [0.717, 1.165) is 27.3 Å². The van der Waals surface area contributed by atoms with Gasteiger partial charge in [-0.05, 0) is 34.6 Å². The molecule has 0 fully saturated rings. The summed E-state index contributed by atoms with van der Waals surface area (Å²) in [6.07, 6.45) is 0. The molecule has 0 aliphatic heterocycles. The van der Waals surface area contributed by atoms with Crippen LogP contribution in [0.4, 0.5) is 0 Å². The van der Waals surface area contributed by atoms with Gasteiger partial charge in [-0.3, -0.25) is 0 Å². The van der Waals surface area contributed by atoms with Gasteiger partial charge in [0, 0.05) is 16.5 Å². The van der Waals surface area contributed by atoms with Gasteiger partial charge in [0.25, 0.3) is 0 Å². The molecule has 2 aromatic carbocycles. The number of phenolic OH excluding ortho intramolecular Hbond substituents is 1. The van der Waals surface area contributed by atoms with E-state index in [0.29, 0.717) is 15.7 Å². The molecule has 0 radical (unpaired) electrons. The molecule has 1 heterocycles. The van der Waals surface area contributed by atoms with Crippen molar-refractivity contribution in [3.8, 4) is 27.6 Å². The summed E-state index contributed by atoms with van der Waals surface area (Å²) in [5.41, 5.74) is 4.03. The van der Waals surface area contributed by atoms with Gasteiger partial charge in [0.2, 0.25) is 0 Å². The quantitative estimate of drug-likeness (QED) is 0.442. The Labute approximate surface area is 181 Å². The topological polar surface area (TPSA) is 33.1 Å². The number of aromatic nitrogens is 1. The lowest BCUT2D eigenvalue weighted by Crippen LogP contribution is -2.17. The fourth-order valence-corrected chi connectivity index (χ4v) is 4.48. The van der Waals surface area contributed by atoms with Crippen LogP contribution in [-0.2, 0) is 10.8 Å². The number of benzene rings is 2. The van der Waals surface area contributed by atoms with Gasteiger partial charge < -0.3 is 5.11 Å². The highest BCUT2D eigenvalue weighted by Gasteiger charge is 2.26. The van der Waals surface area contributed by atoms with Crippen molar-refractivity contribution < 1.29 is 5.11 Å². The van der Waals surface area contributed by atoms with Crippen LogP contribution in [0, 0.1) is 0 Å².